The van der Waals surface area contributed by atoms with Crippen LogP contribution in [0, 0.1) is 5.82 Å². The minimum atomic E-state index is -1.19. The van der Waals surface area contributed by atoms with E-state index in [1.807, 2.05) is 30.3 Å². The second kappa shape index (κ2) is 5.91. The Bertz CT molecular complexity index is 723. The third kappa shape index (κ3) is 2.74. The molecular formula is C18H17FO4. The molecular weight excluding hydrogens is 299 g/mol. The van der Waals surface area contributed by atoms with Gasteiger partial charge in [0.25, 0.3) is 0 Å². The van der Waals surface area contributed by atoms with Gasteiger partial charge in [0.1, 0.15) is 12.4 Å². The summed E-state index contributed by atoms with van der Waals surface area (Å²) in [6, 6.07) is 12.4. The number of halogens is 1. The van der Waals surface area contributed by atoms with Crippen LogP contribution in [0.4, 0.5) is 4.39 Å². The van der Waals surface area contributed by atoms with Crippen molar-refractivity contribution in [1.29, 1.82) is 0 Å². The maximum atomic E-state index is 14.9. The minimum absolute atomic E-state index is 0.0391. The van der Waals surface area contributed by atoms with Crippen LogP contribution in [0.15, 0.2) is 42.5 Å². The predicted octanol–water partition coefficient (Wildman–Crippen LogP) is 3.53. The second-order valence-electron chi connectivity index (χ2n) is 5.62. The average molecular weight is 316 g/mol. The molecule has 0 amide bonds. The van der Waals surface area contributed by atoms with Gasteiger partial charge in [-0.1, -0.05) is 30.3 Å². The second-order valence-corrected chi connectivity index (χ2v) is 5.62. The van der Waals surface area contributed by atoms with Gasteiger partial charge in [-0.2, -0.15) is 0 Å². The van der Waals surface area contributed by atoms with Gasteiger partial charge in [0.15, 0.2) is 11.6 Å². The van der Waals surface area contributed by atoms with Gasteiger partial charge in [-0.3, -0.25) is 4.79 Å². The van der Waals surface area contributed by atoms with Crippen LogP contribution in [-0.2, 0) is 16.8 Å². The van der Waals surface area contributed by atoms with Crippen LogP contribution in [0.3, 0.4) is 0 Å². The molecule has 0 aromatic heterocycles. The maximum absolute atomic E-state index is 14.9. The molecule has 1 N–H and O–H groups in total. The van der Waals surface area contributed by atoms with Crippen LogP contribution in [-0.4, -0.2) is 18.2 Å². The minimum Gasteiger partial charge on any atom is -0.496 e. The predicted molar refractivity (Wildman–Crippen MR) is 82.3 cm³/mol. The fourth-order valence-corrected chi connectivity index (χ4v) is 2.70. The normalized spacial score (nSPS) is 15.0. The molecule has 2 aromatic rings. The Balaban J connectivity index is 1.92. The van der Waals surface area contributed by atoms with Crippen LogP contribution in [0.1, 0.15) is 24.0 Å². The fraction of sp³-hybridized carbons (Fsp3) is 0.278. The molecule has 0 bridgehead atoms. The summed E-state index contributed by atoms with van der Waals surface area (Å²) < 4.78 is 25.6. The quantitative estimate of drug-likeness (QED) is 0.886. The molecule has 0 atom stereocenters. The number of hydrogen-bond acceptors (Lipinski definition) is 3. The molecule has 0 unspecified atom stereocenters. The summed E-state index contributed by atoms with van der Waals surface area (Å²) in [5.74, 6) is -1.40. The number of hydrogen-bond donors (Lipinski definition) is 1. The van der Waals surface area contributed by atoms with Crippen molar-refractivity contribution < 1.29 is 23.8 Å². The van der Waals surface area contributed by atoms with E-state index in [2.05, 4.69) is 0 Å². The Kier molecular flexibility index (Phi) is 3.94. The van der Waals surface area contributed by atoms with Crippen LogP contribution in [0.2, 0.25) is 0 Å². The zero-order valence-corrected chi connectivity index (χ0v) is 12.7. The zero-order chi connectivity index (χ0) is 16.4. The molecule has 0 saturated heterocycles. The monoisotopic (exact) mass is 316 g/mol. The third-order valence-electron chi connectivity index (χ3n) is 4.16. The van der Waals surface area contributed by atoms with Crippen molar-refractivity contribution in [3.8, 4) is 11.5 Å². The number of methoxy groups -OCH3 is 1. The summed E-state index contributed by atoms with van der Waals surface area (Å²) in [6.07, 6.45) is 0.801. The molecule has 0 aliphatic heterocycles. The highest BCUT2D eigenvalue weighted by Crippen LogP contribution is 2.53. The average Bonchev–Trinajstić information content (AvgIpc) is 3.36. The lowest BCUT2D eigenvalue weighted by Gasteiger charge is -2.18. The Morgan fingerprint density at radius 1 is 1.17 bits per heavy atom. The lowest BCUT2D eigenvalue weighted by atomic mass is 9.94. The van der Waals surface area contributed by atoms with Gasteiger partial charge in [0.05, 0.1) is 18.1 Å². The van der Waals surface area contributed by atoms with E-state index < -0.39 is 17.2 Å². The molecule has 1 saturated carbocycles. The number of rotatable bonds is 6. The number of carboxylic acid groups (broad SMARTS) is 1. The van der Waals surface area contributed by atoms with Crippen molar-refractivity contribution in [3.63, 3.8) is 0 Å². The van der Waals surface area contributed by atoms with E-state index in [1.54, 1.807) is 6.07 Å². The largest absolute Gasteiger partial charge is 0.496 e. The number of carboxylic acids is 1. The van der Waals surface area contributed by atoms with Gasteiger partial charge in [0, 0.05) is 0 Å². The Hall–Kier alpha value is -2.56. The van der Waals surface area contributed by atoms with Crippen LogP contribution in [0.5, 0.6) is 11.5 Å². The van der Waals surface area contributed by atoms with Crippen molar-refractivity contribution in [2.24, 2.45) is 0 Å². The summed E-state index contributed by atoms with van der Waals surface area (Å²) in [6.45, 7) is 0.212. The number of benzene rings is 2. The van der Waals surface area contributed by atoms with E-state index in [0.29, 0.717) is 12.8 Å². The van der Waals surface area contributed by atoms with Gasteiger partial charge in [0.2, 0.25) is 0 Å². The molecule has 3 rings (SSSR count). The van der Waals surface area contributed by atoms with Crippen molar-refractivity contribution in [2.45, 2.75) is 24.9 Å². The molecule has 4 nitrogen and oxygen atoms in total. The van der Waals surface area contributed by atoms with Crippen molar-refractivity contribution >= 4 is 5.97 Å². The topological polar surface area (TPSA) is 55.8 Å². The number of aliphatic carboxylic acids is 1. The van der Waals surface area contributed by atoms with E-state index in [9.17, 15) is 14.3 Å². The first kappa shape index (κ1) is 15.3. The van der Waals surface area contributed by atoms with Crippen LogP contribution in [0.25, 0.3) is 0 Å². The summed E-state index contributed by atoms with van der Waals surface area (Å²) >= 11 is 0. The summed E-state index contributed by atoms with van der Waals surface area (Å²) in [4.78, 5) is 11.5. The van der Waals surface area contributed by atoms with Gasteiger partial charge in [-0.15, -0.1) is 0 Å². The molecule has 2 aromatic carbocycles. The summed E-state index contributed by atoms with van der Waals surface area (Å²) in [7, 11) is 1.40. The molecule has 120 valence electrons. The Labute approximate surface area is 133 Å². The van der Waals surface area contributed by atoms with E-state index in [-0.39, 0.29) is 23.7 Å². The molecule has 0 heterocycles. The highest BCUT2D eigenvalue weighted by atomic mass is 19.1. The fourth-order valence-electron chi connectivity index (χ4n) is 2.70. The van der Waals surface area contributed by atoms with Crippen molar-refractivity contribution in [1.82, 2.24) is 0 Å². The molecule has 23 heavy (non-hydrogen) atoms. The first-order valence-electron chi connectivity index (χ1n) is 7.35. The van der Waals surface area contributed by atoms with Crippen molar-refractivity contribution in [2.75, 3.05) is 7.11 Å². The maximum Gasteiger partial charge on any atom is 0.314 e. The zero-order valence-electron chi connectivity index (χ0n) is 12.7. The summed E-state index contributed by atoms with van der Waals surface area (Å²) in [5.41, 5.74) is -0.205. The lowest BCUT2D eigenvalue weighted by Crippen LogP contribution is -2.22. The summed E-state index contributed by atoms with van der Waals surface area (Å²) in [5, 5.41) is 9.44. The van der Waals surface area contributed by atoms with Gasteiger partial charge < -0.3 is 14.6 Å². The SMILES string of the molecule is COc1ccc(OCc2ccccc2)c(F)c1C1(C(=O)O)CC1. The molecule has 5 heteroatoms. The van der Waals surface area contributed by atoms with Crippen LogP contribution >= 0.6 is 0 Å². The first-order chi connectivity index (χ1) is 11.1. The van der Waals surface area contributed by atoms with Gasteiger partial charge in [-0.05, 0) is 30.5 Å². The molecule has 1 aliphatic carbocycles. The van der Waals surface area contributed by atoms with Crippen molar-refractivity contribution in [3.05, 3.63) is 59.4 Å². The number of ether oxygens (including phenoxy) is 2. The molecule has 1 aliphatic rings. The lowest BCUT2D eigenvalue weighted by molar-refractivity contribution is -0.140. The first-order valence-corrected chi connectivity index (χ1v) is 7.35. The van der Waals surface area contributed by atoms with Gasteiger partial charge >= 0.3 is 5.97 Å². The third-order valence-corrected chi connectivity index (χ3v) is 4.16. The highest BCUT2D eigenvalue weighted by Gasteiger charge is 2.55. The van der Waals surface area contributed by atoms with E-state index >= 15 is 0 Å². The Morgan fingerprint density at radius 3 is 2.39 bits per heavy atom. The van der Waals surface area contributed by atoms with Crippen LogP contribution < -0.4 is 9.47 Å². The molecule has 0 spiro atoms. The number of carbonyl (C=O) groups is 1. The van der Waals surface area contributed by atoms with Gasteiger partial charge in [-0.25, -0.2) is 4.39 Å². The molecule has 0 radical (unpaired) electrons. The smallest absolute Gasteiger partial charge is 0.314 e. The molecule has 1 fully saturated rings. The van der Waals surface area contributed by atoms with E-state index in [4.69, 9.17) is 9.47 Å². The van der Waals surface area contributed by atoms with E-state index in [1.165, 1.54) is 13.2 Å². The van der Waals surface area contributed by atoms with E-state index in [0.717, 1.165) is 5.56 Å². The highest BCUT2D eigenvalue weighted by molar-refractivity contribution is 5.86. The Morgan fingerprint density at radius 2 is 1.83 bits per heavy atom. The standard InChI is InChI=1S/C18H17FO4/c1-22-13-7-8-14(23-11-12-5-3-2-4-6-12)16(19)15(13)18(9-10-18)17(20)21/h2-8H,9-11H2,1H3,(H,20,21).